The second-order valence-electron chi connectivity index (χ2n) is 8.72. The van der Waals surface area contributed by atoms with Crippen LogP contribution in [0.2, 0.25) is 0 Å². The minimum atomic E-state index is -2.02. The van der Waals surface area contributed by atoms with Crippen LogP contribution in [0.25, 0.3) is 0 Å². The number of rotatable bonds is 5. The number of halogens is 1. The highest BCUT2D eigenvalue weighted by molar-refractivity contribution is 7.95. The van der Waals surface area contributed by atoms with Crippen molar-refractivity contribution in [1.82, 2.24) is 0 Å². The van der Waals surface area contributed by atoms with Crippen molar-refractivity contribution in [2.24, 2.45) is 0 Å². The lowest BCUT2D eigenvalue weighted by atomic mass is 10.1. The molecule has 168 valence electrons. The van der Waals surface area contributed by atoms with Crippen LogP contribution in [0, 0.1) is 0 Å². The molecule has 4 aromatic carbocycles. The summed E-state index contributed by atoms with van der Waals surface area (Å²) in [7, 11) is -2.02. The lowest BCUT2D eigenvalue weighted by Gasteiger charge is -2.33. The molecule has 1 atom stereocenters. The molecule has 1 unspecified atom stereocenters. The largest absolute Gasteiger partial charge is 1.00 e. The molecule has 33 heavy (non-hydrogen) atoms. The van der Waals surface area contributed by atoms with Crippen molar-refractivity contribution in [1.29, 1.82) is 0 Å². The van der Waals surface area contributed by atoms with E-state index in [-0.39, 0.29) is 22.6 Å². The summed E-state index contributed by atoms with van der Waals surface area (Å²) < 4.78 is 12.1. The Balaban J connectivity index is 0.00000259. The third kappa shape index (κ3) is 4.21. The van der Waals surface area contributed by atoms with Gasteiger partial charge in [-0.05, 0) is 61.0 Å². The fraction of sp³-hybridized carbons (Fsp3) is 0.172. The summed E-state index contributed by atoms with van der Waals surface area (Å²) >= 11 is 0. The SMILES string of the molecule is CC(c1ccc2c(c1)OC(C)(C)O2)[P+](c1ccccc1)(c1ccccc1)c1ccccc1.[Br-]. The number of hydrogen-bond donors (Lipinski definition) is 0. The minimum absolute atomic E-state index is 0. The third-order valence-electron chi connectivity index (χ3n) is 6.23. The molecule has 0 amide bonds. The molecule has 1 aliphatic heterocycles. The molecule has 0 aromatic heterocycles. The first kappa shape index (κ1) is 23.5. The van der Waals surface area contributed by atoms with Crippen molar-refractivity contribution >= 4 is 23.2 Å². The number of hydrogen-bond acceptors (Lipinski definition) is 2. The summed E-state index contributed by atoms with van der Waals surface area (Å²) in [6, 6.07) is 39.4. The lowest BCUT2D eigenvalue weighted by Crippen LogP contribution is -3.00. The summed E-state index contributed by atoms with van der Waals surface area (Å²) in [5.74, 6) is 1.01. The van der Waals surface area contributed by atoms with E-state index in [1.165, 1.54) is 21.5 Å². The Hall–Kier alpha value is -2.61. The van der Waals surface area contributed by atoms with E-state index in [1.807, 2.05) is 13.8 Å². The van der Waals surface area contributed by atoms with E-state index in [1.54, 1.807) is 0 Å². The predicted octanol–water partition coefficient (Wildman–Crippen LogP) is 3.25. The summed E-state index contributed by atoms with van der Waals surface area (Å²) in [6.07, 6.45) is 0. The molecule has 0 saturated heterocycles. The van der Waals surface area contributed by atoms with Gasteiger partial charge in [0.2, 0.25) is 5.79 Å². The Kier molecular flexibility index (Phi) is 6.66. The Morgan fingerprint density at radius 1 is 0.606 bits per heavy atom. The molecule has 2 nitrogen and oxygen atoms in total. The van der Waals surface area contributed by atoms with Crippen LogP contribution >= 0.6 is 7.26 Å². The van der Waals surface area contributed by atoms with E-state index in [4.69, 9.17) is 9.47 Å². The van der Waals surface area contributed by atoms with Crippen LogP contribution in [0.5, 0.6) is 11.5 Å². The zero-order chi connectivity index (χ0) is 22.2. The van der Waals surface area contributed by atoms with Crippen molar-refractivity contribution in [2.45, 2.75) is 32.2 Å². The number of benzene rings is 4. The van der Waals surface area contributed by atoms with Gasteiger partial charge in [0.05, 0.1) is 0 Å². The summed E-state index contributed by atoms with van der Waals surface area (Å²) in [5.41, 5.74) is 1.50. The second-order valence-corrected chi connectivity index (χ2v) is 12.5. The molecule has 1 aliphatic rings. The highest BCUT2D eigenvalue weighted by Crippen LogP contribution is 2.66. The van der Waals surface area contributed by atoms with Gasteiger partial charge in [-0.25, -0.2) is 0 Å². The normalized spacial score (nSPS) is 14.9. The van der Waals surface area contributed by atoms with Gasteiger partial charge in [0.25, 0.3) is 0 Å². The zero-order valence-corrected chi connectivity index (χ0v) is 21.6. The van der Waals surface area contributed by atoms with E-state index in [9.17, 15) is 0 Å². The summed E-state index contributed by atoms with van der Waals surface area (Å²) in [5, 5.41) is 4.13. The van der Waals surface area contributed by atoms with Gasteiger partial charge < -0.3 is 26.5 Å². The molecule has 0 aliphatic carbocycles. The van der Waals surface area contributed by atoms with Gasteiger partial charge in [0.15, 0.2) is 11.5 Å². The molecule has 4 heteroatoms. The van der Waals surface area contributed by atoms with Gasteiger partial charge in [0, 0.05) is 13.8 Å². The molecule has 0 fully saturated rings. The van der Waals surface area contributed by atoms with Crippen molar-refractivity contribution in [3.63, 3.8) is 0 Å². The fourth-order valence-electron chi connectivity index (χ4n) is 4.83. The van der Waals surface area contributed by atoms with Crippen molar-refractivity contribution in [3.8, 4) is 11.5 Å². The first-order valence-corrected chi connectivity index (χ1v) is 12.9. The van der Waals surface area contributed by atoms with Gasteiger partial charge in [-0.1, -0.05) is 60.7 Å². The molecule has 0 saturated carbocycles. The van der Waals surface area contributed by atoms with Crippen molar-refractivity contribution in [2.75, 3.05) is 0 Å². The van der Waals surface area contributed by atoms with Gasteiger partial charge >= 0.3 is 0 Å². The van der Waals surface area contributed by atoms with Crippen LogP contribution in [-0.4, -0.2) is 5.79 Å². The molecule has 4 aromatic rings. The average molecular weight is 519 g/mol. The van der Waals surface area contributed by atoms with E-state index < -0.39 is 13.0 Å². The molecule has 0 radical (unpaired) electrons. The average Bonchev–Trinajstić information content (AvgIpc) is 3.14. The van der Waals surface area contributed by atoms with Gasteiger partial charge in [-0.15, -0.1) is 0 Å². The van der Waals surface area contributed by atoms with E-state index >= 15 is 0 Å². The zero-order valence-electron chi connectivity index (χ0n) is 19.1. The van der Waals surface area contributed by atoms with Gasteiger partial charge in [-0.3, -0.25) is 0 Å². The highest BCUT2D eigenvalue weighted by Gasteiger charge is 2.51. The van der Waals surface area contributed by atoms with E-state index in [0.717, 1.165) is 11.5 Å². The molecular formula is C29H28BrO2P. The van der Waals surface area contributed by atoms with Crippen molar-refractivity contribution < 1.29 is 26.5 Å². The maximum absolute atomic E-state index is 6.11. The third-order valence-corrected chi connectivity index (χ3v) is 11.0. The van der Waals surface area contributed by atoms with Crippen LogP contribution in [0.15, 0.2) is 109 Å². The summed E-state index contributed by atoms with van der Waals surface area (Å²) in [4.78, 5) is 0. The maximum Gasteiger partial charge on any atom is 0.246 e. The van der Waals surface area contributed by atoms with E-state index in [2.05, 4.69) is 116 Å². The molecule has 0 N–H and O–H groups in total. The van der Waals surface area contributed by atoms with Crippen LogP contribution in [-0.2, 0) is 0 Å². The minimum Gasteiger partial charge on any atom is -1.00 e. The Morgan fingerprint density at radius 3 is 1.48 bits per heavy atom. The van der Waals surface area contributed by atoms with Gasteiger partial charge in [-0.2, -0.15) is 0 Å². The standard InChI is InChI=1S/C29H28O2P.BrH/c1-22(23-19-20-27-28(21-23)31-29(2,3)30-27)32(24-13-7-4-8-14-24,25-15-9-5-10-16-25)26-17-11-6-12-18-26;/h4-22H,1-3H3;1H/q+1;/p-1. The summed E-state index contributed by atoms with van der Waals surface area (Å²) in [6.45, 7) is 6.26. The Morgan fingerprint density at radius 2 is 1.03 bits per heavy atom. The van der Waals surface area contributed by atoms with E-state index in [0.29, 0.717) is 0 Å². The molecule has 1 heterocycles. The highest BCUT2D eigenvalue weighted by atomic mass is 79.9. The molecule has 5 rings (SSSR count). The Labute approximate surface area is 207 Å². The van der Waals surface area contributed by atoms with Crippen LogP contribution in [0.4, 0.5) is 0 Å². The topological polar surface area (TPSA) is 18.5 Å². The second kappa shape index (κ2) is 9.33. The van der Waals surface area contributed by atoms with Crippen molar-refractivity contribution in [3.05, 3.63) is 115 Å². The molecule has 0 spiro atoms. The van der Waals surface area contributed by atoms with Crippen LogP contribution < -0.4 is 42.4 Å². The number of ether oxygens (including phenoxy) is 2. The smallest absolute Gasteiger partial charge is 0.246 e. The predicted molar refractivity (Wildman–Crippen MR) is 135 cm³/mol. The lowest BCUT2D eigenvalue weighted by molar-refractivity contribution is -0.0431. The first-order valence-electron chi connectivity index (χ1n) is 11.1. The quantitative estimate of drug-likeness (QED) is 0.377. The van der Waals surface area contributed by atoms with Gasteiger partial charge in [0.1, 0.15) is 28.8 Å². The van der Waals surface area contributed by atoms with Crippen LogP contribution in [0.1, 0.15) is 32.0 Å². The molecule has 0 bridgehead atoms. The monoisotopic (exact) mass is 518 g/mol. The maximum atomic E-state index is 6.11. The number of fused-ring (bicyclic) bond motifs is 1. The van der Waals surface area contributed by atoms with Crippen LogP contribution in [0.3, 0.4) is 0 Å². The molecular weight excluding hydrogens is 491 g/mol. The Bertz CT molecular complexity index is 1110. The fourth-order valence-corrected chi connectivity index (χ4v) is 9.60. The first-order chi connectivity index (χ1) is 15.5.